The van der Waals surface area contributed by atoms with Crippen LogP contribution in [0.15, 0.2) is 23.5 Å². The largest absolute Gasteiger partial charge is 0.498 e. The summed E-state index contributed by atoms with van der Waals surface area (Å²) in [4.78, 5) is 0. The van der Waals surface area contributed by atoms with Crippen molar-refractivity contribution in [2.24, 2.45) is 0 Å². The Morgan fingerprint density at radius 2 is 2.06 bits per heavy atom. The highest BCUT2D eigenvalue weighted by Gasteiger charge is 2.13. The summed E-state index contributed by atoms with van der Waals surface area (Å²) in [6.45, 7) is 4.14. The Kier molecular flexibility index (Phi) is 5.11. The molecule has 2 nitrogen and oxygen atoms in total. The zero-order valence-corrected chi connectivity index (χ0v) is 11.0. The summed E-state index contributed by atoms with van der Waals surface area (Å²) >= 11 is 0. The van der Waals surface area contributed by atoms with E-state index in [-0.39, 0.29) is 0 Å². The van der Waals surface area contributed by atoms with Crippen molar-refractivity contribution < 1.29 is 4.74 Å². The van der Waals surface area contributed by atoms with E-state index in [9.17, 15) is 0 Å². The van der Waals surface area contributed by atoms with Gasteiger partial charge in [0.15, 0.2) is 0 Å². The summed E-state index contributed by atoms with van der Waals surface area (Å²) in [6.07, 6.45) is 13.2. The second kappa shape index (κ2) is 6.85. The van der Waals surface area contributed by atoms with Crippen molar-refractivity contribution in [3.8, 4) is 0 Å². The van der Waals surface area contributed by atoms with E-state index in [0.717, 1.165) is 44.2 Å². The van der Waals surface area contributed by atoms with Gasteiger partial charge in [-0.1, -0.05) is 24.5 Å². The van der Waals surface area contributed by atoms with Gasteiger partial charge in [0.1, 0.15) is 0 Å². The lowest BCUT2D eigenvalue weighted by Crippen LogP contribution is -2.27. The lowest BCUT2D eigenvalue weighted by atomic mass is 10.1. The highest BCUT2D eigenvalue weighted by atomic mass is 16.5. The zero-order chi connectivity index (χ0) is 11.9. The fraction of sp³-hybridized carbons (Fsp3) is 0.733. The maximum absolute atomic E-state index is 5.77. The van der Waals surface area contributed by atoms with Crippen molar-refractivity contribution in [2.45, 2.75) is 57.9 Å². The van der Waals surface area contributed by atoms with Gasteiger partial charge >= 0.3 is 0 Å². The maximum atomic E-state index is 5.77. The smallest absolute Gasteiger partial charge is 0.0962 e. The average molecular weight is 235 g/mol. The van der Waals surface area contributed by atoms with Crippen LogP contribution >= 0.6 is 0 Å². The highest BCUT2D eigenvalue weighted by molar-refractivity contribution is 5.19. The predicted octanol–water partition coefficient (Wildman–Crippen LogP) is 3.55. The van der Waals surface area contributed by atoms with Gasteiger partial charge in [-0.3, -0.25) is 0 Å². The van der Waals surface area contributed by atoms with E-state index < -0.39 is 0 Å². The van der Waals surface area contributed by atoms with Gasteiger partial charge in [-0.2, -0.15) is 0 Å². The molecule has 2 heteroatoms. The summed E-state index contributed by atoms with van der Waals surface area (Å²) in [6, 6.07) is 0.787. The van der Waals surface area contributed by atoms with Gasteiger partial charge in [0.2, 0.25) is 0 Å². The second-order valence-corrected chi connectivity index (χ2v) is 5.28. The second-order valence-electron chi connectivity index (χ2n) is 5.28. The van der Waals surface area contributed by atoms with Crippen LogP contribution in [0, 0.1) is 0 Å². The SMILES string of the molecule is CC1=CC=C(OCCCNC2CCCC2)CC1. The van der Waals surface area contributed by atoms with Crippen LogP contribution in [0.3, 0.4) is 0 Å². The molecule has 1 N–H and O–H groups in total. The first-order valence-electron chi connectivity index (χ1n) is 7.07. The molecule has 0 aromatic heterocycles. The van der Waals surface area contributed by atoms with E-state index >= 15 is 0 Å². The van der Waals surface area contributed by atoms with E-state index in [1.165, 1.54) is 31.3 Å². The zero-order valence-electron chi connectivity index (χ0n) is 11.0. The summed E-state index contributed by atoms with van der Waals surface area (Å²) in [7, 11) is 0. The molecule has 0 spiro atoms. The van der Waals surface area contributed by atoms with Crippen LogP contribution in [0.25, 0.3) is 0 Å². The van der Waals surface area contributed by atoms with Gasteiger partial charge < -0.3 is 10.1 Å². The third kappa shape index (κ3) is 4.55. The van der Waals surface area contributed by atoms with E-state index in [1.54, 1.807) is 0 Å². The molecule has 96 valence electrons. The molecule has 0 aliphatic heterocycles. The number of hydrogen-bond donors (Lipinski definition) is 1. The minimum atomic E-state index is 0.787. The van der Waals surface area contributed by atoms with Gasteiger partial charge in [0.25, 0.3) is 0 Å². The molecule has 0 amide bonds. The molecule has 0 unspecified atom stereocenters. The van der Waals surface area contributed by atoms with Crippen molar-refractivity contribution in [1.29, 1.82) is 0 Å². The van der Waals surface area contributed by atoms with Crippen LogP contribution in [0.2, 0.25) is 0 Å². The Labute approximate surface area is 105 Å². The monoisotopic (exact) mass is 235 g/mol. The van der Waals surface area contributed by atoms with E-state index in [1.807, 2.05) is 0 Å². The fourth-order valence-corrected chi connectivity index (χ4v) is 2.55. The molecule has 0 aromatic rings. The van der Waals surface area contributed by atoms with Gasteiger partial charge in [-0.05, 0) is 45.2 Å². The first-order valence-corrected chi connectivity index (χ1v) is 7.07. The van der Waals surface area contributed by atoms with Crippen LogP contribution in [0.5, 0.6) is 0 Å². The minimum absolute atomic E-state index is 0.787. The third-order valence-corrected chi connectivity index (χ3v) is 3.72. The van der Waals surface area contributed by atoms with Crippen LogP contribution in [-0.4, -0.2) is 19.2 Å². The van der Waals surface area contributed by atoms with Crippen LogP contribution in [0.1, 0.15) is 51.9 Å². The molecule has 1 saturated carbocycles. The average Bonchev–Trinajstić information content (AvgIpc) is 2.84. The molecule has 0 saturated heterocycles. The Morgan fingerprint density at radius 1 is 1.24 bits per heavy atom. The summed E-state index contributed by atoms with van der Waals surface area (Å²) in [5, 5.41) is 3.61. The van der Waals surface area contributed by atoms with E-state index in [0.29, 0.717) is 0 Å². The first kappa shape index (κ1) is 12.7. The standard InChI is InChI=1S/C15H25NO/c1-13-7-9-15(10-8-13)17-12-4-11-16-14-5-2-3-6-14/h7,9,14,16H,2-6,8,10-12H2,1H3. The number of allylic oxidation sites excluding steroid dienone is 4. The van der Waals surface area contributed by atoms with Crippen molar-refractivity contribution in [3.05, 3.63) is 23.5 Å². The molecule has 1 fully saturated rings. The van der Waals surface area contributed by atoms with Gasteiger partial charge in [-0.15, -0.1) is 0 Å². The lowest BCUT2D eigenvalue weighted by molar-refractivity contribution is 0.196. The van der Waals surface area contributed by atoms with Gasteiger partial charge in [-0.25, -0.2) is 0 Å². The Bertz CT molecular complexity index is 287. The lowest BCUT2D eigenvalue weighted by Gasteiger charge is -2.15. The van der Waals surface area contributed by atoms with Crippen molar-refractivity contribution >= 4 is 0 Å². The van der Waals surface area contributed by atoms with Crippen LogP contribution in [-0.2, 0) is 4.74 Å². The quantitative estimate of drug-likeness (QED) is 0.711. The number of nitrogens with one attached hydrogen (secondary N) is 1. The van der Waals surface area contributed by atoms with Crippen molar-refractivity contribution in [1.82, 2.24) is 5.32 Å². The molecule has 2 aliphatic carbocycles. The first-order chi connectivity index (χ1) is 8.34. The van der Waals surface area contributed by atoms with Crippen molar-refractivity contribution in [3.63, 3.8) is 0 Å². The minimum Gasteiger partial charge on any atom is -0.498 e. The van der Waals surface area contributed by atoms with Crippen LogP contribution < -0.4 is 5.32 Å². The molecular formula is C15H25NO. The topological polar surface area (TPSA) is 21.3 Å². The summed E-state index contributed by atoms with van der Waals surface area (Å²) in [5.74, 6) is 1.16. The summed E-state index contributed by atoms with van der Waals surface area (Å²) in [5.41, 5.74) is 1.46. The Balaban J connectivity index is 1.51. The molecule has 0 atom stereocenters. The number of ether oxygens (including phenoxy) is 1. The predicted molar refractivity (Wildman–Crippen MR) is 71.9 cm³/mol. The molecule has 0 heterocycles. The maximum Gasteiger partial charge on any atom is 0.0962 e. The molecule has 0 aromatic carbocycles. The van der Waals surface area contributed by atoms with E-state index in [2.05, 4.69) is 24.4 Å². The molecule has 17 heavy (non-hydrogen) atoms. The van der Waals surface area contributed by atoms with Crippen molar-refractivity contribution in [2.75, 3.05) is 13.2 Å². The molecule has 2 rings (SSSR count). The number of hydrogen-bond acceptors (Lipinski definition) is 2. The number of rotatable bonds is 6. The Hall–Kier alpha value is -0.760. The van der Waals surface area contributed by atoms with Gasteiger partial charge in [0, 0.05) is 12.5 Å². The Morgan fingerprint density at radius 3 is 2.76 bits per heavy atom. The molecule has 2 aliphatic rings. The molecular weight excluding hydrogens is 210 g/mol. The van der Waals surface area contributed by atoms with E-state index in [4.69, 9.17) is 4.74 Å². The fourth-order valence-electron chi connectivity index (χ4n) is 2.55. The highest BCUT2D eigenvalue weighted by Crippen LogP contribution is 2.19. The third-order valence-electron chi connectivity index (χ3n) is 3.72. The van der Waals surface area contributed by atoms with Crippen LogP contribution in [0.4, 0.5) is 0 Å². The molecule has 0 radical (unpaired) electrons. The summed E-state index contributed by atoms with van der Waals surface area (Å²) < 4.78 is 5.77. The normalized spacial score (nSPS) is 21.2. The van der Waals surface area contributed by atoms with Gasteiger partial charge in [0.05, 0.1) is 12.4 Å². The molecule has 0 bridgehead atoms.